The Kier molecular flexibility index (Phi) is 3.17. The fraction of sp³-hybridized carbons (Fsp3) is 0.833. The predicted molar refractivity (Wildman–Crippen MR) is 60.2 cm³/mol. The highest BCUT2D eigenvalue weighted by Gasteiger charge is 2.34. The minimum absolute atomic E-state index is 0.115. The van der Waals surface area contributed by atoms with Gasteiger partial charge < -0.3 is 0 Å². The molecule has 4 nitrogen and oxygen atoms in total. The Morgan fingerprint density at radius 2 is 1.44 bits per heavy atom. The summed E-state index contributed by atoms with van der Waals surface area (Å²) >= 11 is 0. The second-order valence-corrected chi connectivity index (χ2v) is 5.12. The normalized spacial score (nSPS) is 23.7. The molecule has 0 saturated carbocycles. The van der Waals surface area contributed by atoms with Crippen LogP contribution in [0.5, 0.6) is 0 Å². The van der Waals surface area contributed by atoms with Crippen LogP contribution in [0.3, 0.4) is 0 Å². The van der Waals surface area contributed by atoms with E-state index in [4.69, 9.17) is 0 Å². The average Bonchev–Trinajstić information content (AvgIpc) is 2.46. The molecule has 0 radical (unpaired) electrons. The number of fused-ring (bicyclic) bond motifs is 1. The van der Waals surface area contributed by atoms with Crippen LogP contribution in [-0.2, 0) is 9.59 Å². The van der Waals surface area contributed by atoms with E-state index in [-0.39, 0.29) is 11.8 Å². The van der Waals surface area contributed by atoms with Crippen molar-refractivity contribution in [2.45, 2.75) is 39.5 Å². The molecule has 2 aliphatic heterocycles. The van der Waals surface area contributed by atoms with Gasteiger partial charge >= 0.3 is 0 Å². The Morgan fingerprint density at radius 3 is 1.81 bits per heavy atom. The Labute approximate surface area is 96.6 Å². The molecule has 0 atom stereocenters. The summed E-state index contributed by atoms with van der Waals surface area (Å²) in [6, 6.07) is 0. The van der Waals surface area contributed by atoms with E-state index < -0.39 is 0 Å². The van der Waals surface area contributed by atoms with Gasteiger partial charge in [-0.2, -0.15) is 0 Å². The van der Waals surface area contributed by atoms with Gasteiger partial charge in [-0.3, -0.25) is 19.6 Å². The summed E-state index contributed by atoms with van der Waals surface area (Å²) < 4.78 is 0. The van der Waals surface area contributed by atoms with E-state index in [1.807, 2.05) is 0 Å². The van der Waals surface area contributed by atoms with Crippen molar-refractivity contribution >= 4 is 11.8 Å². The third kappa shape index (κ3) is 2.06. The molecule has 0 aromatic carbocycles. The van der Waals surface area contributed by atoms with Crippen LogP contribution in [-0.4, -0.2) is 34.9 Å². The van der Waals surface area contributed by atoms with Crippen molar-refractivity contribution in [1.29, 1.82) is 0 Å². The lowest BCUT2D eigenvalue weighted by Crippen LogP contribution is -2.53. The van der Waals surface area contributed by atoms with E-state index >= 15 is 0 Å². The van der Waals surface area contributed by atoms with Gasteiger partial charge in [0.25, 0.3) is 0 Å². The molecular formula is C12H20N2O2. The highest BCUT2D eigenvalue weighted by atomic mass is 16.2. The van der Waals surface area contributed by atoms with Crippen LogP contribution in [0, 0.1) is 11.8 Å². The standard InChI is InChI=1S/C12H20N2O2/c1-9(2)10-5-7-13-11(15)3-4-12(16)14(13)8-6-10/h9-10H,3-8H2,1-2H3. The summed E-state index contributed by atoms with van der Waals surface area (Å²) in [5, 5.41) is 3.35. The number of nitrogens with zero attached hydrogens (tertiary/aromatic N) is 2. The van der Waals surface area contributed by atoms with Crippen molar-refractivity contribution in [1.82, 2.24) is 10.0 Å². The Balaban J connectivity index is 2.10. The average molecular weight is 224 g/mol. The zero-order valence-corrected chi connectivity index (χ0v) is 10.1. The SMILES string of the molecule is CC(C)C1CCN2C(=O)CCC(=O)N2CC1. The molecule has 2 rings (SSSR count). The highest BCUT2D eigenvalue weighted by Crippen LogP contribution is 2.26. The first kappa shape index (κ1) is 11.4. The molecule has 2 fully saturated rings. The third-order valence-corrected chi connectivity index (χ3v) is 3.79. The number of rotatable bonds is 1. The fourth-order valence-corrected chi connectivity index (χ4v) is 2.62. The minimum Gasteiger partial charge on any atom is -0.273 e. The first-order valence-electron chi connectivity index (χ1n) is 6.20. The summed E-state index contributed by atoms with van der Waals surface area (Å²) in [4.78, 5) is 23.5. The molecule has 2 saturated heterocycles. The molecule has 0 spiro atoms. The smallest absolute Gasteiger partial charge is 0.241 e. The van der Waals surface area contributed by atoms with E-state index in [0.29, 0.717) is 37.8 Å². The van der Waals surface area contributed by atoms with Crippen LogP contribution < -0.4 is 0 Å². The van der Waals surface area contributed by atoms with Gasteiger partial charge in [0.2, 0.25) is 11.8 Å². The van der Waals surface area contributed by atoms with Crippen LogP contribution in [0.2, 0.25) is 0 Å². The Bertz CT molecular complexity index is 275. The second-order valence-electron chi connectivity index (χ2n) is 5.12. The number of amides is 2. The molecule has 0 unspecified atom stereocenters. The summed E-state index contributed by atoms with van der Waals surface area (Å²) in [5.41, 5.74) is 0. The van der Waals surface area contributed by atoms with E-state index in [1.165, 1.54) is 0 Å². The Hall–Kier alpha value is -1.06. The van der Waals surface area contributed by atoms with Crippen molar-refractivity contribution < 1.29 is 9.59 Å². The molecule has 0 bridgehead atoms. The predicted octanol–water partition coefficient (Wildman–Crippen LogP) is 1.42. The van der Waals surface area contributed by atoms with Gasteiger partial charge in [-0.15, -0.1) is 0 Å². The van der Waals surface area contributed by atoms with Gasteiger partial charge in [0.1, 0.15) is 0 Å². The molecule has 16 heavy (non-hydrogen) atoms. The molecule has 0 N–H and O–H groups in total. The Morgan fingerprint density at radius 1 is 1.00 bits per heavy atom. The van der Waals surface area contributed by atoms with E-state index in [0.717, 1.165) is 12.8 Å². The van der Waals surface area contributed by atoms with Crippen molar-refractivity contribution in [2.75, 3.05) is 13.1 Å². The maximum atomic E-state index is 11.7. The zero-order valence-electron chi connectivity index (χ0n) is 10.1. The summed E-state index contributed by atoms with van der Waals surface area (Å²) in [5.74, 6) is 1.49. The topological polar surface area (TPSA) is 40.6 Å². The lowest BCUT2D eigenvalue weighted by Gasteiger charge is -2.36. The third-order valence-electron chi connectivity index (χ3n) is 3.79. The van der Waals surface area contributed by atoms with Crippen molar-refractivity contribution in [3.05, 3.63) is 0 Å². The molecule has 4 heteroatoms. The first-order chi connectivity index (χ1) is 7.59. The van der Waals surface area contributed by atoms with Gasteiger partial charge in [-0.25, -0.2) is 0 Å². The van der Waals surface area contributed by atoms with Gasteiger partial charge in [0.15, 0.2) is 0 Å². The molecule has 2 aliphatic rings. The molecular weight excluding hydrogens is 204 g/mol. The molecule has 0 aliphatic carbocycles. The minimum atomic E-state index is 0.115. The number of carbonyl (C=O) groups is 2. The van der Waals surface area contributed by atoms with Crippen LogP contribution in [0.4, 0.5) is 0 Å². The molecule has 2 heterocycles. The van der Waals surface area contributed by atoms with Crippen molar-refractivity contribution in [3.63, 3.8) is 0 Å². The second kappa shape index (κ2) is 4.44. The zero-order chi connectivity index (χ0) is 11.7. The van der Waals surface area contributed by atoms with E-state index in [9.17, 15) is 9.59 Å². The van der Waals surface area contributed by atoms with Crippen LogP contribution in [0.25, 0.3) is 0 Å². The summed E-state index contributed by atoms with van der Waals surface area (Å²) in [6.45, 7) is 5.86. The van der Waals surface area contributed by atoms with Gasteiger partial charge in [0, 0.05) is 25.9 Å². The molecule has 0 aromatic rings. The number of hydrazine groups is 1. The molecule has 0 aromatic heterocycles. The monoisotopic (exact) mass is 224 g/mol. The molecule has 90 valence electrons. The van der Waals surface area contributed by atoms with Gasteiger partial charge in [-0.05, 0) is 24.7 Å². The highest BCUT2D eigenvalue weighted by molar-refractivity contribution is 5.89. The van der Waals surface area contributed by atoms with Crippen LogP contribution >= 0.6 is 0 Å². The lowest BCUT2D eigenvalue weighted by molar-refractivity contribution is -0.169. The number of hydrogen-bond acceptors (Lipinski definition) is 2. The number of hydrogen-bond donors (Lipinski definition) is 0. The van der Waals surface area contributed by atoms with Crippen LogP contribution in [0.1, 0.15) is 39.5 Å². The van der Waals surface area contributed by atoms with Crippen molar-refractivity contribution in [2.24, 2.45) is 11.8 Å². The fourth-order valence-electron chi connectivity index (χ4n) is 2.62. The van der Waals surface area contributed by atoms with Gasteiger partial charge in [0.05, 0.1) is 0 Å². The van der Waals surface area contributed by atoms with Gasteiger partial charge in [-0.1, -0.05) is 13.8 Å². The maximum Gasteiger partial charge on any atom is 0.241 e. The van der Waals surface area contributed by atoms with Crippen LogP contribution in [0.15, 0.2) is 0 Å². The number of carbonyl (C=O) groups excluding carboxylic acids is 2. The summed E-state index contributed by atoms with van der Waals surface area (Å²) in [6.07, 6.45) is 2.82. The molecule has 2 amide bonds. The first-order valence-corrected chi connectivity index (χ1v) is 6.20. The summed E-state index contributed by atoms with van der Waals surface area (Å²) in [7, 11) is 0. The quantitative estimate of drug-likeness (QED) is 0.676. The largest absolute Gasteiger partial charge is 0.273 e. The maximum absolute atomic E-state index is 11.7. The van der Waals surface area contributed by atoms with Crippen molar-refractivity contribution in [3.8, 4) is 0 Å². The lowest BCUT2D eigenvalue weighted by atomic mass is 9.90. The van der Waals surface area contributed by atoms with E-state index in [1.54, 1.807) is 10.0 Å². The van der Waals surface area contributed by atoms with E-state index in [2.05, 4.69) is 13.8 Å².